The third kappa shape index (κ3) is 3.75. The minimum Gasteiger partial charge on any atom is -0.316 e. The van der Waals surface area contributed by atoms with Crippen LogP contribution in [0.2, 0.25) is 0 Å². The van der Waals surface area contributed by atoms with Crippen molar-refractivity contribution in [2.24, 2.45) is 11.8 Å². The molecular formula is C16H23F2N. The van der Waals surface area contributed by atoms with E-state index in [0.717, 1.165) is 5.92 Å². The summed E-state index contributed by atoms with van der Waals surface area (Å²) in [7, 11) is 1.92. The Morgan fingerprint density at radius 2 is 2.11 bits per heavy atom. The van der Waals surface area contributed by atoms with Gasteiger partial charge in [-0.05, 0) is 61.9 Å². The van der Waals surface area contributed by atoms with Gasteiger partial charge < -0.3 is 5.32 Å². The molecule has 1 saturated carbocycles. The molecule has 2 rings (SSSR count). The Balaban J connectivity index is 2.07. The van der Waals surface area contributed by atoms with Crippen LogP contribution in [0.1, 0.15) is 38.2 Å². The maximum Gasteiger partial charge on any atom is 0.126 e. The summed E-state index contributed by atoms with van der Waals surface area (Å²) in [4.78, 5) is 0. The number of hydrogen-bond donors (Lipinski definition) is 1. The fourth-order valence-corrected chi connectivity index (χ4v) is 3.29. The van der Waals surface area contributed by atoms with Gasteiger partial charge in [0.05, 0.1) is 0 Å². The van der Waals surface area contributed by atoms with E-state index in [4.69, 9.17) is 0 Å². The Morgan fingerprint density at radius 1 is 1.32 bits per heavy atom. The lowest BCUT2D eigenvalue weighted by Crippen LogP contribution is -2.38. The topological polar surface area (TPSA) is 12.0 Å². The Bertz CT molecular complexity index is 419. The molecule has 3 atom stereocenters. The van der Waals surface area contributed by atoms with Gasteiger partial charge in [0.15, 0.2) is 0 Å². The number of benzene rings is 1. The van der Waals surface area contributed by atoms with E-state index in [0.29, 0.717) is 17.9 Å². The van der Waals surface area contributed by atoms with E-state index in [9.17, 15) is 8.78 Å². The largest absolute Gasteiger partial charge is 0.316 e. The van der Waals surface area contributed by atoms with Crippen molar-refractivity contribution < 1.29 is 8.78 Å². The first-order valence-electron chi connectivity index (χ1n) is 7.21. The number of likely N-dealkylation sites (N-methyl/N-ethyl adjacent to an activating group) is 1. The first kappa shape index (κ1) is 14.4. The minimum atomic E-state index is -0.358. The van der Waals surface area contributed by atoms with Crippen molar-refractivity contribution in [1.29, 1.82) is 0 Å². The monoisotopic (exact) mass is 267 g/mol. The summed E-state index contributed by atoms with van der Waals surface area (Å²) in [5, 5.41) is 3.30. The van der Waals surface area contributed by atoms with Crippen molar-refractivity contribution in [3.63, 3.8) is 0 Å². The second-order valence-corrected chi connectivity index (χ2v) is 5.87. The standard InChI is InChI=1S/C16H23F2N/c1-11-4-3-5-12(8-11)16(19-2)10-13-9-14(17)6-7-15(13)18/h6-7,9,11-12,16,19H,3-5,8,10H2,1-2H3. The molecule has 0 saturated heterocycles. The lowest BCUT2D eigenvalue weighted by molar-refractivity contribution is 0.226. The molecule has 106 valence electrons. The average molecular weight is 267 g/mol. The smallest absolute Gasteiger partial charge is 0.126 e. The van der Waals surface area contributed by atoms with Crippen molar-refractivity contribution in [1.82, 2.24) is 5.32 Å². The molecule has 0 spiro atoms. The van der Waals surface area contributed by atoms with E-state index in [1.807, 2.05) is 7.05 Å². The highest BCUT2D eigenvalue weighted by atomic mass is 19.1. The Kier molecular flexibility index (Phi) is 4.92. The lowest BCUT2D eigenvalue weighted by atomic mass is 9.77. The zero-order valence-electron chi connectivity index (χ0n) is 11.8. The van der Waals surface area contributed by atoms with Crippen molar-refractivity contribution in [2.45, 2.75) is 45.1 Å². The molecule has 1 nitrogen and oxygen atoms in total. The van der Waals surface area contributed by atoms with E-state index in [-0.39, 0.29) is 17.7 Å². The second-order valence-electron chi connectivity index (χ2n) is 5.87. The van der Waals surface area contributed by atoms with Crippen LogP contribution < -0.4 is 5.32 Å². The predicted octanol–water partition coefficient (Wildman–Crippen LogP) is 3.92. The SMILES string of the molecule is CNC(Cc1cc(F)ccc1F)C1CCCC(C)C1. The number of hydrogen-bond acceptors (Lipinski definition) is 1. The highest BCUT2D eigenvalue weighted by molar-refractivity contribution is 5.20. The van der Waals surface area contributed by atoms with E-state index in [1.54, 1.807) is 0 Å². The van der Waals surface area contributed by atoms with Gasteiger partial charge >= 0.3 is 0 Å². The fraction of sp³-hybridized carbons (Fsp3) is 0.625. The fourth-order valence-electron chi connectivity index (χ4n) is 3.29. The molecule has 0 aliphatic heterocycles. The van der Waals surface area contributed by atoms with Crippen molar-refractivity contribution in [2.75, 3.05) is 7.05 Å². The maximum absolute atomic E-state index is 13.7. The van der Waals surface area contributed by atoms with Crippen LogP contribution in [-0.4, -0.2) is 13.1 Å². The van der Waals surface area contributed by atoms with Crippen LogP contribution in [0.15, 0.2) is 18.2 Å². The molecule has 1 fully saturated rings. The van der Waals surface area contributed by atoms with Gasteiger partial charge in [-0.15, -0.1) is 0 Å². The average Bonchev–Trinajstić information content (AvgIpc) is 2.39. The lowest BCUT2D eigenvalue weighted by Gasteiger charge is -2.33. The van der Waals surface area contributed by atoms with Gasteiger partial charge in [0.1, 0.15) is 11.6 Å². The van der Waals surface area contributed by atoms with Crippen LogP contribution in [0.25, 0.3) is 0 Å². The van der Waals surface area contributed by atoms with Crippen LogP contribution in [-0.2, 0) is 6.42 Å². The summed E-state index contributed by atoms with van der Waals surface area (Å²) in [5.74, 6) is 0.650. The number of halogens is 2. The molecule has 1 aliphatic rings. The van der Waals surface area contributed by atoms with Crippen LogP contribution >= 0.6 is 0 Å². The third-order valence-corrected chi connectivity index (χ3v) is 4.36. The molecule has 3 heteroatoms. The number of rotatable bonds is 4. The van der Waals surface area contributed by atoms with Crippen LogP contribution in [0.3, 0.4) is 0 Å². The van der Waals surface area contributed by atoms with Crippen LogP contribution in [0.4, 0.5) is 8.78 Å². The molecule has 1 aliphatic carbocycles. The molecule has 0 heterocycles. The summed E-state index contributed by atoms with van der Waals surface area (Å²) in [5.41, 5.74) is 0.484. The highest BCUT2D eigenvalue weighted by Gasteiger charge is 2.26. The molecule has 0 bridgehead atoms. The van der Waals surface area contributed by atoms with Crippen molar-refractivity contribution in [3.8, 4) is 0 Å². The highest BCUT2D eigenvalue weighted by Crippen LogP contribution is 2.32. The van der Waals surface area contributed by atoms with Gasteiger partial charge in [-0.2, -0.15) is 0 Å². The summed E-state index contributed by atoms with van der Waals surface area (Å²) >= 11 is 0. The molecule has 0 amide bonds. The Labute approximate surface area is 114 Å². The van der Waals surface area contributed by atoms with Gasteiger partial charge in [0, 0.05) is 6.04 Å². The zero-order chi connectivity index (χ0) is 13.8. The summed E-state index contributed by atoms with van der Waals surface area (Å²) in [6, 6.07) is 3.96. The molecule has 19 heavy (non-hydrogen) atoms. The zero-order valence-corrected chi connectivity index (χ0v) is 11.8. The second kappa shape index (κ2) is 6.47. The van der Waals surface area contributed by atoms with Crippen LogP contribution in [0, 0.1) is 23.5 Å². The normalized spacial score (nSPS) is 25.3. The van der Waals surface area contributed by atoms with Gasteiger partial charge in [-0.1, -0.05) is 19.8 Å². The maximum atomic E-state index is 13.7. The van der Waals surface area contributed by atoms with Gasteiger partial charge in [0.25, 0.3) is 0 Å². The molecule has 3 unspecified atom stereocenters. The molecule has 1 aromatic carbocycles. The predicted molar refractivity (Wildman–Crippen MR) is 74.0 cm³/mol. The molecular weight excluding hydrogens is 244 g/mol. The van der Waals surface area contributed by atoms with E-state index in [1.165, 1.54) is 43.9 Å². The molecule has 1 aromatic rings. The summed E-state index contributed by atoms with van der Waals surface area (Å²) in [6.45, 7) is 2.28. The molecule has 1 N–H and O–H groups in total. The van der Waals surface area contributed by atoms with Crippen molar-refractivity contribution >= 4 is 0 Å². The third-order valence-electron chi connectivity index (χ3n) is 4.36. The summed E-state index contributed by atoms with van der Waals surface area (Å²) in [6.07, 6.45) is 5.48. The quantitative estimate of drug-likeness (QED) is 0.871. The molecule has 0 radical (unpaired) electrons. The Hall–Kier alpha value is -0.960. The minimum absolute atomic E-state index is 0.235. The summed E-state index contributed by atoms with van der Waals surface area (Å²) < 4.78 is 26.9. The van der Waals surface area contributed by atoms with Gasteiger partial charge in [-0.3, -0.25) is 0 Å². The van der Waals surface area contributed by atoms with Gasteiger partial charge in [0.2, 0.25) is 0 Å². The van der Waals surface area contributed by atoms with E-state index in [2.05, 4.69) is 12.2 Å². The van der Waals surface area contributed by atoms with E-state index < -0.39 is 0 Å². The molecule has 0 aromatic heterocycles. The van der Waals surface area contributed by atoms with E-state index >= 15 is 0 Å². The first-order valence-corrected chi connectivity index (χ1v) is 7.21. The van der Waals surface area contributed by atoms with Gasteiger partial charge in [-0.25, -0.2) is 8.78 Å². The van der Waals surface area contributed by atoms with Crippen LogP contribution in [0.5, 0.6) is 0 Å². The Morgan fingerprint density at radius 3 is 2.79 bits per heavy atom. The first-order chi connectivity index (χ1) is 9.10. The number of nitrogens with one attached hydrogen (secondary N) is 1. The van der Waals surface area contributed by atoms with Crippen molar-refractivity contribution in [3.05, 3.63) is 35.4 Å².